The van der Waals surface area contributed by atoms with Crippen molar-refractivity contribution in [2.75, 3.05) is 0 Å². The normalized spacial score (nSPS) is 12.0. The van der Waals surface area contributed by atoms with Crippen molar-refractivity contribution in [2.45, 2.75) is 30.6 Å². The number of ether oxygens (including phenoxy) is 1. The van der Waals surface area contributed by atoms with Crippen molar-refractivity contribution in [3.63, 3.8) is 0 Å². The first kappa shape index (κ1) is 21.9. The lowest BCUT2D eigenvalue weighted by Crippen LogP contribution is -2.26. The van der Waals surface area contributed by atoms with Crippen LogP contribution in [0.3, 0.4) is 0 Å². The second-order valence-corrected chi connectivity index (χ2v) is 8.58. The van der Waals surface area contributed by atoms with Crippen LogP contribution >= 0.6 is 23.4 Å². The number of hydrogen-bond donors (Lipinski definition) is 1. The minimum absolute atomic E-state index is 0.142. The van der Waals surface area contributed by atoms with E-state index in [2.05, 4.69) is 10.5 Å². The lowest BCUT2D eigenvalue weighted by atomic mass is 10.2. The summed E-state index contributed by atoms with van der Waals surface area (Å²) in [5.74, 6) is 0.593. The number of carbonyl (C=O) groups excluding carboxylic acids is 1. The number of carbonyl (C=O) groups is 1. The number of thioether (sulfide) groups is 1. The molecule has 0 bridgehead atoms. The first-order chi connectivity index (χ1) is 14.5. The highest BCUT2D eigenvalue weighted by atomic mass is 35.5. The van der Waals surface area contributed by atoms with Gasteiger partial charge in [-0.3, -0.25) is 4.79 Å². The van der Waals surface area contributed by atoms with Gasteiger partial charge in [0, 0.05) is 15.5 Å². The summed E-state index contributed by atoms with van der Waals surface area (Å²) in [6.07, 6.45) is 1.61. The van der Waals surface area contributed by atoms with E-state index in [0.29, 0.717) is 11.6 Å². The van der Waals surface area contributed by atoms with E-state index in [0.717, 1.165) is 21.8 Å². The maximum atomic E-state index is 12.2. The summed E-state index contributed by atoms with van der Waals surface area (Å²) >= 11 is 7.64. The van der Waals surface area contributed by atoms with Crippen LogP contribution in [0.1, 0.15) is 23.6 Å². The zero-order valence-electron chi connectivity index (χ0n) is 16.8. The standard InChI is InChI=1S/C24H23ClN2O2S/c1-17-7-13-22(14-8-17)30-18(2)24(28)27-26-15-19-9-11-21(12-10-19)29-16-20-5-3-4-6-23(20)25/h3-15,18H,16H2,1-2H3,(H,27,28)/b26-15-/t18-/m0/s1. The Kier molecular flexibility index (Phi) is 7.94. The number of benzene rings is 3. The summed E-state index contributed by atoms with van der Waals surface area (Å²) < 4.78 is 5.76. The predicted molar refractivity (Wildman–Crippen MR) is 124 cm³/mol. The molecule has 0 aliphatic heterocycles. The number of nitrogens with zero attached hydrogens (tertiary/aromatic N) is 1. The van der Waals surface area contributed by atoms with E-state index >= 15 is 0 Å². The maximum Gasteiger partial charge on any atom is 0.253 e. The van der Waals surface area contributed by atoms with Gasteiger partial charge in [-0.05, 0) is 61.9 Å². The fourth-order valence-electron chi connectivity index (χ4n) is 2.56. The van der Waals surface area contributed by atoms with E-state index in [1.807, 2.05) is 86.6 Å². The fourth-order valence-corrected chi connectivity index (χ4v) is 3.61. The molecule has 0 spiro atoms. The number of aryl methyl sites for hydroxylation is 1. The third kappa shape index (κ3) is 6.65. The molecule has 0 heterocycles. The third-order valence-electron chi connectivity index (χ3n) is 4.32. The Labute approximate surface area is 186 Å². The number of halogens is 1. The van der Waals surface area contributed by atoms with Gasteiger partial charge in [0.15, 0.2) is 0 Å². The summed E-state index contributed by atoms with van der Waals surface area (Å²) in [6, 6.07) is 23.2. The zero-order valence-corrected chi connectivity index (χ0v) is 18.4. The molecule has 3 aromatic carbocycles. The summed E-state index contributed by atoms with van der Waals surface area (Å²) in [7, 11) is 0. The second kappa shape index (κ2) is 10.9. The fraction of sp³-hybridized carbons (Fsp3) is 0.167. The van der Waals surface area contributed by atoms with Gasteiger partial charge in [-0.25, -0.2) is 5.43 Å². The number of amides is 1. The smallest absolute Gasteiger partial charge is 0.253 e. The van der Waals surface area contributed by atoms with Crippen molar-refractivity contribution >= 4 is 35.5 Å². The van der Waals surface area contributed by atoms with Gasteiger partial charge in [0.05, 0.1) is 11.5 Å². The third-order valence-corrected chi connectivity index (χ3v) is 5.80. The van der Waals surface area contributed by atoms with Gasteiger partial charge in [0.1, 0.15) is 12.4 Å². The number of hydrogen-bond acceptors (Lipinski definition) is 4. The van der Waals surface area contributed by atoms with Crippen molar-refractivity contribution in [3.05, 3.63) is 94.5 Å². The Hall–Kier alpha value is -2.76. The molecule has 0 saturated carbocycles. The van der Waals surface area contributed by atoms with Gasteiger partial charge in [0.2, 0.25) is 0 Å². The molecule has 0 aromatic heterocycles. The van der Waals surface area contributed by atoms with E-state index in [-0.39, 0.29) is 11.2 Å². The van der Waals surface area contributed by atoms with Crippen molar-refractivity contribution in [1.82, 2.24) is 5.43 Å². The van der Waals surface area contributed by atoms with Gasteiger partial charge < -0.3 is 4.74 Å². The van der Waals surface area contributed by atoms with E-state index in [1.54, 1.807) is 6.21 Å². The molecule has 0 saturated heterocycles. The maximum absolute atomic E-state index is 12.2. The van der Waals surface area contributed by atoms with Gasteiger partial charge in [-0.1, -0.05) is 47.5 Å². The molecular formula is C24H23ClN2O2S. The Morgan fingerprint density at radius 3 is 2.50 bits per heavy atom. The lowest BCUT2D eigenvalue weighted by Gasteiger charge is -2.09. The molecule has 154 valence electrons. The van der Waals surface area contributed by atoms with Gasteiger partial charge >= 0.3 is 0 Å². The number of nitrogens with one attached hydrogen (secondary N) is 1. The van der Waals surface area contributed by atoms with E-state index < -0.39 is 0 Å². The molecule has 3 rings (SSSR count). The van der Waals surface area contributed by atoms with Crippen LogP contribution < -0.4 is 10.2 Å². The average Bonchev–Trinajstić information content (AvgIpc) is 2.75. The molecule has 0 aliphatic carbocycles. The van der Waals surface area contributed by atoms with Crippen LogP contribution in [0.15, 0.2) is 82.8 Å². The molecule has 1 atom stereocenters. The van der Waals surface area contributed by atoms with Crippen LogP contribution in [0.25, 0.3) is 0 Å². The highest BCUT2D eigenvalue weighted by Gasteiger charge is 2.13. The molecule has 30 heavy (non-hydrogen) atoms. The monoisotopic (exact) mass is 438 g/mol. The predicted octanol–water partition coefficient (Wildman–Crippen LogP) is 5.86. The first-order valence-corrected chi connectivity index (χ1v) is 10.8. The SMILES string of the molecule is Cc1ccc(S[C@@H](C)C(=O)N/N=C\c2ccc(OCc3ccccc3Cl)cc2)cc1. The molecule has 4 nitrogen and oxygen atoms in total. The summed E-state index contributed by atoms with van der Waals surface area (Å²) in [5, 5.41) is 4.50. The molecule has 1 amide bonds. The molecule has 1 N–H and O–H groups in total. The van der Waals surface area contributed by atoms with Gasteiger partial charge in [-0.15, -0.1) is 11.8 Å². The van der Waals surface area contributed by atoms with Crippen molar-refractivity contribution < 1.29 is 9.53 Å². The Morgan fingerprint density at radius 2 is 1.80 bits per heavy atom. The highest BCUT2D eigenvalue weighted by Crippen LogP contribution is 2.23. The van der Waals surface area contributed by atoms with Crippen LogP contribution in [-0.4, -0.2) is 17.4 Å². The second-order valence-electron chi connectivity index (χ2n) is 6.76. The Bertz CT molecular complexity index is 1000. The molecule has 6 heteroatoms. The highest BCUT2D eigenvalue weighted by molar-refractivity contribution is 8.00. The van der Waals surface area contributed by atoms with Gasteiger partial charge in [-0.2, -0.15) is 5.10 Å². The van der Waals surface area contributed by atoms with Crippen molar-refractivity contribution in [1.29, 1.82) is 0 Å². The van der Waals surface area contributed by atoms with Crippen molar-refractivity contribution in [3.8, 4) is 5.75 Å². The van der Waals surface area contributed by atoms with Crippen LogP contribution in [0, 0.1) is 6.92 Å². The molecule has 3 aromatic rings. The molecular weight excluding hydrogens is 416 g/mol. The quantitative estimate of drug-likeness (QED) is 0.272. The van der Waals surface area contributed by atoms with Crippen LogP contribution in [0.5, 0.6) is 5.75 Å². The van der Waals surface area contributed by atoms with E-state index in [4.69, 9.17) is 16.3 Å². The summed E-state index contributed by atoms with van der Waals surface area (Å²) in [6.45, 7) is 4.30. The topological polar surface area (TPSA) is 50.7 Å². The number of hydrazone groups is 1. The lowest BCUT2D eigenvalue weighted by molar-refractivity contribution is -0.120. The Balaban J connectivity index is 1.46. The van der Waals surface area contributed by atoms with E-state index in [9.17, 15) is 4.79 Å². The van der Waals surface area contributed by atoms with Crippen LogP contribution in [-0.2, 0) is 11.4 Å². The minimum atomic E-state index is -0.245. The minimum Gasteiger partial charge on any atom is -0.489 e. The molecule has 0 unspecified atom stereocenters. The largest absolute Gasteiger partial charge is 0.489 e. The molecule has 0 aliphatic rings. The van der Waals surface area contributed by atoms with Crippen LogP contribution in [0.2, 0.25) is 5.02 Å². The molecule has 0 radical (unpaired) electrons. The number of rotatable bonds is 8. The van der Waals surface area contributed by atoms with Crippen LogP contribution in [0.4, 0.5) is 0 Å². The van der Waals surface area contributed by atoms with Gasteiger partial charge in [0.25, 0.3) is 5.91 Å². The average molecular weight is 439 g/mol. The zero-order chi connectivity index (χ0) is 21.3. The summed E-state index contributed by atoms with van der Waals surface area (Å²) in [4.78, 5) is 13.3. The first-order valence-electron chi connectivity index (χ1n) is 9.54. The molecule has 0 fully saturated rings. The van der Waals surface area contributed by atoms with Crippen molar-refractivity contribution in [2.24, 2.45) is 5.10 Å². The summed E-state index contributed by atoms with van der Waals surface area (Å²) in [5.41, 5.74) is 5.59. The Morgan fingerprint density at radius 1 is 1.10 bits per heavy atom. The van der Waals surface area contributed by atoms with E-state index in [1.165, 1.54) is 17.3 Å².